The van der Waals surface area contributed by atoms with Crippen molar-refractivity contribution in [3.8, 4) is 0 Å². The van der Waals surface area contributed by atoms with Crippen molar-refractivity contribution in [3.63, 3.8) is 0 Å². The summed E-state index contributed by atoms with van der Waals surface area (Å²) in [6, 6.07) is 1.91. The highest BCUT2D eigenvalue weighted by atomic mass is 19.4. The molecule has 2 fully saturated rings. The monoisotopic (exact) mass is 390 g/mol. The average molecular weight is 390 g/mol. The molecule has 3 atom stereocenters. The number of anilines is 1. The first kappa shape index (κ1) is 20.9. The zero-order valence-corrected chi connectivity index (χ0v) is 14.9. The van der Waals surface area contributed by atoms with E-state index in [1.54, 1.807) is 31.5 Å². The molecule has 0 aromatic carbocycles. The summed E-state index contributed by atoms with van der Waals surface area (Å²) < 4.78 is 37.7. The van der Waals surface area contributed by atoms with E-state index in [4.69, 9.17) is 14.6 Å². The molecule has 2 aliphatic heterocycles. The Morgan fingerprint density at radius 2 is 2.04 bits per heavy atom. The van der Waals surface area contributed by atoms with Crippen LogP contribution in [0.4, 0.5) is 19.0 Å². The molecule has 2 saturated heterocycles. The summed E-state index contributed by atoms with van der Waals surface area (Å²) in [5.74, 6) is -1.26. The normalized spacial score (nSPS) is 24.5. The van der Waals surface area contributed by atoms with Crippen molar-refractivity contribution in [3.05, 3.63) is 18.6 Å². The Morgan fingerprint density at radius 3 is 2.56 bits per heavy atom. The maximum atomic E-state index is 12.0. The molecule has 0 unspecified atom stereocenters. The highest BCUT2D eigenvalue weighted by Crippen LogP contribution is 2.34. The second-order valence-electron chi connectivity index (χ2n) is 6.50. The molecule has 3 rings (SSSR count). The van der Waals surface area contributed by atoms with Gasteiger partial charge in [0.1, 0.15) is 18.2 Å². The number of hydrogen-bond acceptors (Lipinski definition) is 6. The number of hydrogen-bond donors (Lipinski definition) is 1. The van der Waals surface area contributed by atoms with Crippen LogP contribution in [0.2, 0.25) is 0 Å². The average Bonchev–Trinajstić information content (AvgIpc) is 3.04. The van der Waals surface area contributed by atoms with Crippen LogP contribution in [-0.2, 0) is 14.3 Å². The van der Waals surface area contributed by atoms with Crippen LogP contribution in [0.5, 0.6) is 0 Å². The molecule has 2 aliphatic rings. The Labute approximate surface area is 153 Å². The van der Waals surface area contributed by atoms with Crippen molar-refractivity contribution in [1.82, 2.24) is 14.9 Å². The Hall–Kier alpha value is -2.43. The van der Waals surface area contributed by atoms with E-state index in [2.05, 4.69) is 14.9 Å². The predicted molar refractivity (Wildman–Crippen MR) is 88.0 cm³/mol. The van der Waals surface area contributed by atoms with E-state index >= 15 is 0 Å². The van der Waals surface area contributed by atoms with Gasteiger partial charge in [-0.05, 0) is 24.8 Å². The minimum absolute atomic E-state index is 0.0768. The first-order valence-corrected chi connectivity index (χ1v) is 8.27. The molecule has 0 bridgehead atoms. The van der Waals surface area contributed by atoms with Gasteiger partial charge in [0.05, 0.1) is 6.10 Å². The van der Waals surface area contributed by atoms with Gasteiger partial charge in [-0.2, -0.15) is 13.2 Å². The van der Waals surface area contributed by atoms with Gasteiger partial charge in [-0.15, -0.1) is 0 Å². The van der Waals surface area contributed by atoms with E-state index in [0.717, 1.165) is 31.7 Å². The van der Waals surface area contributed by atoms with E-state index in [9.17, 15) is 18.0 Å². The fraction of sp³-hybridized carbons (Fsp3) is 0.625. The van der Waals surface area contributed by atoms with Gasteiger partial charge in [0.2, 0.25) is 0 Å². The lowest BCUT2D eigenvalue weighted by Gasteiger charge is -2.34. The summed E-state index contributed by atoms with van der Waals surface area (Å²) in [4.78, 5) is 33.0. The van der Waals surface area contributed by atoms with Crippen LogP contribution in [-0.4, -0.2) is 77.4 Å². The molecule has 150 valence electrons. The van der Waals surface area contributed by atoms with Crippen molar-refractivity contribution < 1.29 is 32.6 Å². The Balaban J connectivity index is 0.000000321. The molecule has 8 nitrogen and oxygen atoms in total. The smallest absolute Gasteiger partial charge is 0.475 e. The van der Waals surface area contributed by atoms with Crippen LogP contribution in [0.1, 0.15) is 12.8 Å². The first-order valence-electron chi connectivity index (χ1n) is 8.27. The number of aliphatic carboxylic acids is 1. The molecule has 1 aromatic rings. The Bertz CT molecular complexity index is 657. The number of piperidine rings is 1. The second-order valence-corrected chi connectivity index (χ2v) is 6.50. The summed E-state index contributed by atoms with van der Waals surface area (Å²) >= 11 is 0. The lowest BCUT2D eigenvalue weighted by molar-refractivity contribution is -0.192. The number of ether oxygens (including phenoxy) is 1. The van der Waals surface area contributed by atoms with Crippen LogP contribution in [0, 0.1) is 5.92 Å². The maximum absolute atomic E-state index is 12.0. The predicted octanol–water partition coefficient (Wildman–Crippen LogP) is 1.18. The van der Waals surface area contributed by atoms with Crippen molar-refractivity contribution >= 4 is 17.7 Å². The fourth-order valence-electron chi connectivity index (χ4n) is 3.06. The number of carbonyl (C=O) groups excluding carboxylic acids is 1. The first-order chi connectivity index (χ1) is 12.6. The second kappa shape index (κ2) is 8.51. The molecule has 0 saturated carbocycles. The quantitative estimate of drug-likeness (QED) is 0.810. The van der Waals surface area contributed by atoms with Gasteiger partial charge >= 0.3 is 12.1 Å². The number of fused-ring (bicyclic) bond motifs is 1. The molecule has 1 aromatic heterocycles. The largest absolute Gasteiger partial charge is 0.490 e. The van der Waals surface area contributed by atoms with Gasteiger partial charge in [-0.1, -0.05) is 0 Å². The van der Waals surface area contributed by atoms with Crippen molar-refractivity contribution in [2.24, 2.45) is 5.92 Å². The molecule has 1 amide bonds. The number of halogens is 3. The molecule has 0 aliphatic carbocycles. The van der Waals surface area contributed by atoms with Gasteiger partial charge in [0.25, 0.3) is 5.91 Å². The number of likely N-dealkylation sites (N-methyl/N-ethyl adjacent to an activating group) is 1. The number of alkyl halides is 3. The Kier molecular flexibility index (Phi) is 6.58. The molecule has 27 heavy (non-hydrogen) atoms. The number of nitrogens with zero attached hydrogens (tertiary/aromatic N) is 4. The van der Waals surface area contributed by atoms with Crippen LogP contribution < -0.4 is 4.90 Å². The van der Waals surface area contributed by atoms with Gasteiger partial charge in [-0.3, -0.25) is 4.79 Å². The van der Waals surface area contributed by atoms with E-state index in [1.165, 1.54) is 0 Å². The van der Waals surface area contributed by atoms with E-state index in [1.807, 2.05) is 6.07 Å². The summed E-state index contributed by atoms with van der Waals surface area (Å²) in [5.41, 5.74) is 0. The molecule has 0 radical (unpaired) electrons. The van der Waals surface area contributed by atoms with Gasteiger partial charge in [-0.25, -0.2) is 14.8 Å². The molecule has 11 heteroatoms. The SMILES string of the molecule is CN(C)C(=O)[C@H]1C[C@@H]2CCN(c3ccncn3)C[C@H]2O1.O=C(O)C(F)(F)F. The zero-order chi connectivity index (χ0) is 20.2. The zero-order valence-electron chi connectivity index (χ0n) is 14.9. The fourth-order valence-corrected chi connectivity index (χ4v) is 3.06. The topological polar surface area (TPSA) is 95.9 Å². The standard InChI is InChI=1S/C14H20N4O2.C2HF3O2/c1-17(2)14(19)11-7-10-4-6-18(8-12(10)20-11)13-3-5-15-9-16-13;3-2(4,5)1(6)7/h3,5,9-12H,4,6-8H2,1-2H3;(H,6,7)/t10-,11+,12+;/m0./s1. The number of aromatic nitrogens is 2. The third kappa shape index (κ3) is 5.52. The number of carboxylic acids is 1. The van der Waals surface area contributed by atoms with Crippen LogP contribution in [0.15, 0.2) is 18.6 Å². The molecular weight excluding hydrogens is 369 g/mol. The minimum atomic E-state index is -5.08. The van der Waals surface area contributed by atoms with Gasteiger partial charge < -0.3 is 19.6 Å². The van der Waals surface area contributed by atoms with Crippen molar-refractivity contribution in [2.45, 2.75) is 31.2 Å². The highest BCUT2D eigenvalue weighted by Gasteiger charge is 2.42. The van der Waals surface area contributed by atoms with Crippen molar-refractivity contribution in [1.29, 1.82) is 0 Å². The molecular formula is C16H21F3N4O4. The number of rotatable bonds is 2. The minimum Gasteiger partial charge on any atom is -0.475 e. The number of carbonyl (C=O) groups is 2. The third-order valence-electron chi connectivity index (χ3n) is 4.40. The van der Waals surface area contributed by atoms with Gasteiger partial charge in [0, 0.05) is 33.4 Å². The summed E-state index contributed by atoms with van der Waals surface area (Å²) in [7, 11) is 3.56. The number of carboxylic acid groups (broad SMARTS) is 1. The molecule has 3 heterocycles. The van der Waals surface area contributed by atoms with Crippen molar-refractivity contribution in [2.75, 3.05) is 32.1 Å². The van der Waals surface area contributed by atoms with E-state index in [-0.39, 0.29) is 18.1 Å². The van der Waals surface area contributed by atoms with E-state index < -0.39 is 12.1 Å². The lowest BCUT2D eigenvalue weighted by Crippen LogP contribution is -2.43. The summed E-state index contributed by atoms with van der Waals surface area (Å²) in [6.07, 6.45) is -0.0130. The lowest BCUT2D eigenvalue weighted by atomic mass is 9.91. The molecule has 0 spiro atoms. The number of amides is 1. The van der Waals surface area contributed by atoms with Gasteiger partial charge in [0.15, 0.2) is 0 Å². The van der Waals surface area contributed by atoms with Crippen LogP contribution in [0.3, 0.4) is 0 Å². The Morgan fingerprint density at radius 1 is 1.37 bits per heavy atom. The highest BCUT2D eigenvalue weighted by molar-refractivity contribution is 5.80. The summed E-state index contributed by atoms with van der Waals surface area (Å²) in [5, 5.41) is 7.12. The van der Waals surface area contributed by atoms with Crippen LogP contribution in [0.25, 0.3) is 0 Å². The molecule has 1 N–H and O–H groups in total. The summed E-state index contributed by atoms with van der Waals surface area (Å²) in [6.45, 7) is 1.77. The maximum Gasteiger partial charge on any atom is 0.490 e. The third-order valence-corrected chi connectivity index (χ3v) is 4.40. The van der Waals surface area contributed by atoms with Crippen LogP contribution >= 0.6 is 0 Å². The van der Waals surface area contributed by atoms with E-state index in [0.29, 0.717) is 5.92 Å².